The molecule has 3 aromatic heterocycles. The van der Waals surface area contributed by atoms with Crippen LogP contribution >= 0.6 is 11.8 Å². The fourth-order valence-electron chi connectivity index (χ4n) is 4.22. The Balaban J connectivity index is 1.32. The fraction of sp³-hybridized carbons (Fsp3) is 0.304. The van der Waals surface area contributed by atoms with Crippen molar-refractivity contribution in [2.45, 2.75) is 24.9 Å². The van der Waals surface area contributed by atoms with Crippen molar-refractivity contribution in [2.24, 2.45) is 5.16 Å². The number of nitrogens with two attached hydrogens (primary N) is 2. The van der Waals surface area contributed by atoms with Crippen LogP contribution in [0.4, 0.5) is 12.0 Å². The van der Waals surface area contributed by atoms with Crippen molar-refractivity contribution in [1.29, 1.82) is 0 Å². The molecule has 0 radical (unpaired) electrons. The third kappa shape index (κ3) is 5.49. The predicted octanol–water partition coefficient (Wildman–Crippen LogP) is -1.01. The average Bonchev–Trinajstić information content (AvgIpc) is 3.53. The molecule has 0 spiro atoms. The highest BCUT2D eigenvalue weighted by Gasteiger charge is 2.54. The number of carbonyl (C=O) groups is 4. The summed E-state index contributed by atoms with van der Waals surface area (Å²) in [4.78, 5) is 64.0. The molecular weight excluding hydrogens is 564 g/mol. The lowest BCUT2D eigenvalue weighted by Crippen LogP contribution is -2.71. The van der Waals surface area contributed by atoms with Gasteiger partial charge in [-0.3, -0.25) is 14.5 Å². The summed E-state index contributed by atoms with van der Waals surface area (Å²) in [6, 6.07) is 0.341. The molecule has 3 aromatic rings. The maximum absolute atomic E-state index is 13.1. The van der Waals surface area contributed by atoms with Crippen molar-refractivity contribution >= 4 is 64.4 Å². The van der Waals surface area contributed by atoms with E-state index in [9.17, 15) is 24.3 Å². The second kappa shape index (κ2) is 11.2. The van der Waals surface area contributed by atoms with Crippen molar-refractivity contribution < 1.29 is 47.3 Å². The van der Waals surface area contributed by atoms with Crippen LogP contribution in [0.5, 0.6) is 0 Å². The predicted molar refractivity (Wildman–Crippen MR) is 138 cm³/mol. The number of nitrogens with zero attached hydrogens (tertiary/aromatic N) is 5. The summed E-state index contributed by atoms with van der Waals surface area (Å²) >= 11 is 1.28. The highest BCUT2D eigenvalue weighted by atomic mass is 32.2. The van der Waals surface area contributed by atoms with E-state index in [-0.39, 0.29) is 42.3 Å². The first kappa shape index (κ1) is 27.4. The smallest absolute Gasteiger partial charge is 0.352 e. The third-order valence-electron chi connectivity index (χ3n) is 5.94. The summed E-state index contributed by atoms with van der Waals surface area (Å²) in [5, 5.41) is 15.5. The largest absolute Gasteiger partial charge is 0.477 e. The maximum atomic E-state index is 13.1. The average molecular weight is 588 g/mol. The molecule has 5 heterocycles. The summed E-state index contributed by atoms with van der Waals surface area (Å²) in [5.41, 5.74) is 11.8. The molecule has 2 aliphatic heterocycles. The number of hydrogen-bond donors (Lipinski definition) is 4. The van der Waals surface area contributed by atoms with Gasteiger partial charge in [-0.25, -0.2) is 9.59 Å². The number of esters is 1. The van der Waals surface area contributed by atoms with Gasteiger partial charge in [0, 0.05) is 17.4 Å². The second-order valence-electron chi connectivity index (χ2n) is 8.63. The van der Waals surface area contributed by atoms with E-state index in [1.165, 1.54) is 11.8 Å². The number of nitrogen functional groups attached to an aromatic ring is 2. The number of rotatable bonds is 10. The van der Waals surface area contributed by atoms with E-state index in [0.29, 0.717) is 16.7 Å². The third-order valence-corrected chi connectivity index (χ3v) is 7.28. The van der Waals surface area contributed by atoms with Crippen LogP contribution in [0.15, 0.2) is 50.0 Å². The van der Waals surface area contributed by atoms with Gasteiger partial charge in [-0.05, 0) is 6.92 Å². The molecule has 17 nitrogen and oxygen atoms in total. The molecule has 0 aliphatic carbocycles. The van der Waals surface area contributed by atoms with Gasteiger partial charge in [-0.2, -0.15) is 14.5 Å². The molecule has 41 heavy (non-hydrogen) atoms. The lowest BCUT2D eigenvalue weighted by molar-refractivity contribution is -0.688. The Labute approximate surface area is 234 Å². The minimum absolute atomic E-state index is 0.00398. The first-order valence-electron chi connectivity index (χ1n) is 12.0. The van der Waals surface area contributed by atoms with E-state index >= 15 is 0 Å². The van der Waals surface area contributed by atoms with Crippen LogP contribution in [0.25, 0.3) is 11.1 Å². The van der Waals surface area contributed by atoms with Gasteiger partial charge < -0.3 is 40.3 Å². The number of pyridine rings is 1. The van der Waals surface area contributed by atoms with Gasteiger partial charge in [0.05, 0.1) is 6.61 Å². The Bertz CT molecular complexity index is 1610. The number of aliphatic carboxylic acids is 1. The molecule has 2 atom stereocenters. The number of β-lactam (4-membered cyclic amide) rings is 1. The number of oxazole rings is 2. The van der Waals surface area contributed by atoms with E-state index in [0.717, 1.165) is 11.2 Å². The van der Waals surface area contributed by atoms with Crippen LogP contribution in [0, 0.1) is 0 Å². The molecule has 2 amide bonds. The number of fused-ring (bicyclic) bond motifs is 2. The highest BCUT2D eigenvalue weighted by Crippen LogP contribution is 2.40. The number of carboxylic acids is 1. The summed E-state index contributed by atoms with van der Waals surface area (Å²) in [5.74, 6) is -3.27. The van der Waals surface area contributed by atoms with Gasteiger partial charge in [0.25, 0.3) is 23.8 Å². The number of carbonyl (C=O) groups excluding carboxylic acids is 3. The number of thioether (sulfide) groups is 1. The van der Waals surface area contributed by atoms with E-state index in [1.54, 1.807) is 30.0 Å². The van der Waals surface area contributed by atoms with Crippen LogP contribution in [0.3, 0.4) is 0 Å². The van der Waals surface area contributed by atoms with Crippen LogP contribution in [-0.4, -0.2) is 79.8 Å². The molecule has 1 unspecified atom stereocenters. The van der Waals surface area contributed by atoms with Gasteiger partial charge in [0.2, 0.25) is 18.4 Å². The van der Waals surface area contributed by atoms with Crippen molar-refractivity contribution in [3.05, 3.63) is 41.7 Å². The number of hydrogen-bond acceptors (Lipinski definition) is 14. The first-order chi connectivity index (χ1) is 19.7. The van der Waals surface area contributed by atoms with Crippen LogP contribution in [-0.2, 0) is 35.3 Å². The molecule has 0 bridgehead atoms. The molecule has 1 saturated heterocycles. The normalized spacial score (nSPS) is 18.6. The topological polar surface area (TPSA) is 243 Å². The van der Waals surface area contributed by atoms with Gasteiger partial charge in [0.1, 0.15) is 34.6 Å². The lowest BCUT2D eigenvalue weighted by atomic mass is 10.0. The van der Waals surface area contributed by atoms with E-state index in [4.69, 9.17) is 29.9 Å². The van der Waals surface area contributed by atoms with Crippen molar-refractivity contribution in [2.75, 3.05) is 30.4 Å². The number of anilines is 2. The van der Waals surface area contributed by atoms with E-state index < -0.39 is 47.5 Å². The molecule has 0 saturated carbocycles. The van der Waals surface area contributed by atoms with Crippen molar-refractivity contribution in [1.82, 2.24) is 20.2 Å². The summed E-state index contributed by atoms with van der Waals surface area (Å²) in [6.07, 6.45) is 4.37. The maximum Gasteiger partial charge on any atom is 0.352 e. The van der Waals surface area contributed by atoms with Gasteiger partial charge in [-0.1, -0.05) is 5.16 Å². The fourth-order valence-corrected chi connectivity index (χ4v) is 5.55. The van der Waals surface area contributed by atoms with Crippen LogP contribution in [0.1, 0.15) is 12.6 Å². The minimum Gasteiger partial charge on any atom is -0.477 e. The number of ether oxygens (including phenoxy) is 1. The van der Waals surface area contributed by atoms with Gasteiger partial charge >= 0.3 is 11.9 Å². The quantitative estimate of drug-likeness (QED) is 0.0730. The zero-order valence-electron chi connectivity index (χ0n) is 21.3. The Morgan fingerprint density at radius 3 is 2.83 bits per heavy atom. The Morgan fingerprint density at radius 2 is 2.12 bits per heavy atom. The summed E-state index contributed by atoms with van der Waals surface area (Å²) < 4.78 is 16.7. The molecule has 6 N–H and O–H groups in total. The first-order valence-corrected chi connectivity index (χ1v) is 13.0. The molecule has 1 fully saturated rings. The minimum atomic E-state index is -1.29. The second-order valence-corrected chi connectivity index (χ2v) is 9.73. The monoisotopic (exact) mass is 587 g/mol. The Kier molecular flexibility index (Phi) is 7.47. The zero-order chi connectivity index (χ0) is 29.3. The van der Waals surface area contributed by atoms with Gasteiger partial charge in [-0.15, -0.1) is 11.8 Å². The lowest BCUT2D eigenvalue weighted by Gasteiger charge is -2.49. The van der Waals surface area contributed by atoms with E-state index in [1.807, 2.05) is 0 Å². The number of carboxylic acid groups (broad SMARTS) is 1. The molecule has 18 heteroatoms. The molecule has 2 aliphatic rings. The summed E-state index contributed by atoms with van der Waals surface area (Å²) in [7, 11) is 0. The molecule has 0 aromatic carbocycles. The Hall–Kier alpha value is -5.13. The number of oxime groups is 1. The number of aromatic nitrogens is 3. The summed E-state index contributed by atoms with van der Waals surface area (Å²) in [6.45, 7) is 1.30. The van der Waals surface area contributed by atoms with Crippen molar-refractivity contribution in [3.8, 4) is 0 Å². The number of amides is 2. The van der Waals surface area contributed by atoms with E-state index in [2.05, 4.69) is 20.4 Å². The molecule has 214 valence electrons. The van der Waals surface area contributed by atoms with Crippen molar-refractivity contribution in [3.63, 3.8) is 0 Å². The van der Waals surface area contributed by atoms with Crippen LogP contribution in [0.2, 0.25) is 0 Å². The molecular formula is C23H23N8O9S+. The zero-order valence-corrected chi connectivity index (χ0v) is 22.1. The van der Waals surface area contributed by atoms with Gasteiger partial charge in [0.15, 0.2) is 18.5 Å². The molecule has 5 rings (SSSR count). The van der Waals surface area contributed by atoms with Crippen LogP contribution < -0.4 is 21.4 Å². The standard InChI is InChI=1S/C23H22N8O9S/c1-2-37-14(32)8-39-29-15(12-7-38-22(24)27-12)18(33)28-16-19(34)31-17(21(35)36)10(9-41-20(16)31)5-30-4-3-11-13(6-30)40-23(25)26-11/h3-4,6-7,16,20,25H,2,5,8-9H2,1H3,(H4,24,27,28,33,35,36)/p+1/t16?,20-/m0/s1. The highest BCUT2D eigenvalue weighted by molar-refractivity contribution is 8.00. The number of nitrogens with one attached hydrogen (secondary N) is 1. The SMILES string of the molecule is CCOC(=O)CON=C(C(=O)NC1C(=O)N2C(C(=O)O)=C(C[n+]3ccc4nc(N)oc4c3)CS[C@@H]12)c1coc(N)n1. The Morgan fingerprint density at radius 1 is 1.32 bits per heavy atom.